The summed E-state index contributed by atoms with van der Waals surface area (Å²) < 4.78 is 3.45. The minimum Gasteiger partial charge on any atom is -0.481 e. The second-order valence-electron chi connectivity index (χ2n) is 5.23. The number of carboxylic acid groups (broad SMARTS) is 1. The van der Waals surface area contributed by atoms with Crippen molar-refractivity contribution in [3.05, 3.63) is 54.1 Å². The maximum atomic E-state index is 11.7. The molecule has 1 aromatic carbocycles. The molecule has 0 unspecified atom stereocenters. The number of benzene rings is 1. The number of carbonyl (C=O) groups excluding carboxylic acids is 1. The zero-order valence-corrected chi connectivity index (χ0v) is 14.2. The highest BCUT2D eigenvalue weighted by Gasteiger charge is 2.17. The number of Topliss-reactive ketones (excluding diaryl/α,β-unsaturated/α-hetero) is 1. The number of carboxylic acids is 1. The summed E-state index contributed by atoms with van der Waals surface area (Å²) >= 11 is 1.07. The summed E-state index contributed by atoms with van der Waals surface area (Å²) in [6.07, 6.45) is 3.46. The van der Waals surface area contributed by atoms with E-state index in [9.17, 15) is 9.59 Å². The number of hydrogen-bond donors (Lipinski definition) is 1. The second kappa shape index (κ2) is 7.31. The van der Waals surface area contributed by atoms with E-state index in [1.54, 1.807) is 45.9 Å². The zero-order valence-electron chi connectivity index (χ0n) is 13.4. The Morgan fingerprint density at radius 1 is 1.24 bits per heavy atom. The summed E-state index contributed by atoms with van der Waals surface area (Å²) in [5.41, 5.74) is 1.26. The molecule has 0 aliphatic rings. The first-order valence-electron chi connectivity index (χ1n) is 7.42. The highest BCUT2D eigenvalue weighted by molar-refractivity contribution is 7.99. The minimum absolute atomic E-state index is 0.0525. The standard InChI is InChI=1S/C16H15N5O3S/c1-11(22)12-4-2-5-13(8-12)21-14(9-20-7-3-6-17-20)18-19-16(21)25-10-15(23)24/h2-8H,9-10H2,1H3,(H,23,24). The molecule has 1 N–H and O–H groups in total. The van der Waals surface area contributed by atoms with E-state index in [2.05, 4.69) is 15.3 Å². The number of hydrogen-bond acceptors (Lipinski definition) is 6. The van der Waals surface area contributed by atoms with Crippen molar-refractivity contribution in [2.24, 2.45) is 0 Å². The van der Waals surface area contributed by atoms with E-state index in [4.69, 9.17) is 5.11 Å². The van der Waals surface area contributed by atoms with Gasteiger partial charge in [0.15, 0.2) is 16.8 Å². The van der Waals surface area contributed by atoms with E-state index in [0.717, 1.165) is 11.8 Å². The van der Waals surface area contributed by atoms with Crippen LogP contribution in [-0.2, 0) is 11.3 Å². The molecule has 8 nitrogen and oxygen atoms in total. The number of ketones is 1. The van der Waals surface area contributed by atoms with Gasteiger partial charge in [-0.3, -0.25) is 18.8 Å². The Morgan fingerprint density at radius 2 is 2.08 bits per heavy atom. The largest absolute Gasteiger partial charge is 0.481 e. The van der Waals surface area contributed by atoms with E-state index in [1.807, 2.05) is 6.07 Å². The first kappa shape index (κ1) is 16.9. The van der Waals surface area contributed by atoms with Gasteiger partial charge in [-0.1, -0.05) is 23.9 Å². The van der Waals surface area contributed by atoms with Crippen molar-refractivity contribution in [3.8, 4) is 5.69 Å². The number of carbonyl (C=O) groups is 2. The molecule has 0 saturated heterocycles. The molecular formula is C16H15N5O3S. The van der Waals surface area contributed by atoms with Gasteiger partial charge < -0.3 is 5.11 Å². The molecule has 0 aliphatic heterocycles. The van der Waals surface area contributed by atoms with Crippen LogP contribution in [0.1, 0.15) is 23.1 Å². The van der Waals surface area contributed by atoms with Crippen LogP contribution in [0.5, 0.6) is 0 Å². The molecule has 128 valence electrons. The van der Waals surface area contributed by atoms with E-state index in [-0.39, 0.29) is 11.5 Å². The lowest BCUT2D eigenvalue weighted by Crippen LogP contribution is -2.10. The normalized spacial score (nSPS) is 10.8. The average Bonchev–Trinajstić information content (AvgIpc) is 3.23. The van der Waals surface area contributed by atoms with Crippen molar-refractivity contribution >= 4 is 23.5 Å². The van der Waals surface area contributed by atoms with Gasteiger partial charge in [0.05, 0.1) is 11.4 Å². The number of rotatable bonds is 7. The van der Waals surface area contributed by atoms with Crippen molar-refractivity contribution in [1.82, 2.24) is 24.5 Å². The van der Waals surface area contributed by atoms with Crippen molar-refractivity contribution in [2.45, 2.75) is 18.6 Å². The molecule has 0 fully saturated rings. The molecule has 0 bridgehead atoms. The molecule has 0 atom stereocenters. The smallest absolute Gasteiger partial charge is 0.313 e. The number of nitrogens with zero attached hydrogens (tertiary/aromatic N) is 5. The van der Waals surface area contributed by atoms with Gasteiger partial charge in [0, 0.05) is 18.0 Å². The molecule has 0 spiro atoms. The van der Waals surface area contributed by atoms with Crippen LogP contribution < -0.4 is 0 Å². The van der Waals surface area contributed by atoms with Crippen LogP contribution in [0.2, 0.25) is 0 Å². The fraction of sp³-hybridized carbons (Fsp3) is 0.188. The van der Waals surface area contributed by atoms with Gasteiger partial charge >= 0.3 is 5.97 Å². The molecule has 0 saturated carbocycles. The van der Waals surface area contributed by atoms with Crippen LogP contribution in [0, 0.1) is 0 Å². The SMILES string of the molecule is CC(=O)c1cccc(-n2c(Cn3cccn3)nnc2SCC(=O)O)c1. The number of aromatic nitrogens is 5. The molecule has 0 amide bonds. The van der Waals surface area contributed by atoms with Gasteiger partial charge in [-0.05, 0) is 25.1 Å². The van der Waals surface area contributed by atoms with Gasteiger partial charge in [-0.15, -0.1) is 10.2 Å². The van der Waals surface area contributed by atoms with E-state index < -0.39 is 5.97 Å². The first-order chi connectivity index (χ1) is 12.0. The summed E-state index contributed by atoms with van der Waals surface area (Å²) in [5, 5.41) is 21.8. The lowest BCUT2D eigenvalue weighted by atomic mass is 10.1. The Hall–Kier alpha value is -2.94. The average molecular weight is 357 g/mol. The van der Waals surface area contributed by atoms with Crippen molar-refractivity contribution in [3.63, 3.8) is 0 Å². The van der Waals surface area contributed by atoms with Gasteiger partial charge in [-0.25, -0.2) is 0 Å². The summed E-state index contributed by atoms with van der Waals surface area (Å²) in [4.78, 5) is 22.6. The molecule has 2 aromatic heterocycles. The van der Waals surface area contributed by atoms with Crippen LogP contribution in [0.3, 0.4) is 0 Å². The fourth-order valence-corrected chi connectivity index (χ4v) is 2.98. The minimum atomic E-state index is -0.939. The van der Waals surface area contributed by atoms with E-state index in [0.29, 0.717) is 28.8 Å². The van der Waals surface area contributed by atoms with Crippen LogP contribution in [0.25, 0.3) is 5.69 Å². The Kier molecular flexibility index (Phi) is 4.94. The molecule has 3 aromatic rings. The molecule has 0 aliphatic carbocycles. The maximum Gasteiger partial charge on any atom is 0.313 e. The highest BCUT2D eigenvalue weighted by atomic mass is 32.2. The third-order valence-electron chi connectivity index (χ3n) is 3.40. The summed E-state index contributed by atoms with van der Waals surface area (Å²) in [7, 11) is 0. The third kappa shape index (κ3) is 3.94. The van der Waals surface area contributed by atoms with Crippen LogP contribution in [-0.4, -0.2) is 47.2 Å². The van der Waals surface area contributed by atoms with Crippen LogP contribution in [0.4, 0.5) is 0 Å². The Morgan fingerprint density at radius 3 is 2.76 bits per heavy atom. The number of aliphatic carboxylic acids is 1. The molecular weight excluding hydrogens is 342 g/mol. The predicted molar refractivity (Wildman–Crippen MR) is 91.1 cm³/mol. The van der Waals surface area contributed by atoms with Gasteiger partial charge in [-0.2, -0.15) is 5.10 Å². The van der Waals surface area contributed by atoms with E-state index in [1.165, 1.54) is 6.92 Å². The summed E-state index contributed by atoms with van der Waals surface area (Å²) in [6.45, 7) is 1.87. The predicted octanol–water partition coefficient (Wildman–Crippen LogP) is 1.89. The van der Waals surface area contributed by atoms with Crippen molar-refractivity contribution in [1.29, 1.82) is 0 Å². The Bertz CT molecular complexity index is 904. The molecule has 0 radical (unpaired) electrons. The molecule has 25 heavy (non-hydrogen) atoms. The second-order valence-corrected chi connectivity index (χ2v) is 6.17. The Balaban J connectivity index is 2.03. The molecule has 3 rings (SSSR count). The van der Waals surface area contributed by atoms with Crippen LogP contribution in [0.15, 0.2) is 47.9 Å². The zero-order chi connectivity index (χ0) is 17.8. The van der Waals surface area contributed by atoms with E-state index >= 15 is 0 Å². The van der Waals surface area contributed by atoms with Gasteiger partial charge in [0.25, 0.3) is 0 Å². The van der Waals surface area contributed by atoms with Crippen molar-refractivity contribution < 1.29 is 14.7 Å². The van der Waals surface area contributed by atoms with Gasteiger partial charge in [0.2, 0.25) is 0 Å². The highest BCUT2D eigenvalue weighted by Crippen LogP contribution is 2.23. The monoisotopic (exact) mass is 357 g/mol. The quantitative estimate of drug-likeness (QED) is 0.509. The lowest BCUT2D eigenvalue weighted by molar-refractivity contribution is -0.133. The summed E-state index contributed by atoms with van der Waals surface area (Å²) in [5.74, 6) is -0.530. The fourth-order valence-electron chi connectivity index (χ4n) is 2.28. The number of thioether (sulfide) groups is 1. The maximum absolute atomic E-state index is 11.7. The molecule has 9 heteroatoms. The third-order valence-corrected chi connectivity index (χ3v) is 4.31. The first-order valence-corrected chi connectivity index (χ1v) is 8.41. The van der Waals surface area contributed by atoms with Crippen molar-refractivity contribution in [2.75, 3.05) is 5.75 Å². The topological polar surface area (TPSA) is 103 Å². The lowest BCUT2D eigenvalue weighted by Gasteiger charge is -2.11. The van der Waals surface area contributed by atoms with Gasteiger partial charge in [0.1, 0.15) is 6.54 Å². The van der Waals surface area contributed by atoms with Crippen LogP contribution >= 0.6 is 11.8 Å². The molecule has 2 heterocycles. The Labute approximate surface area is 147 Å². The summed E-state index contributed by atoms with van der Waals surface area (Å²) in [6, 6.07) is 8.87.